The van der Waals surface area contributed by atoms with E-state index >= 15 is 0 Å². The van der Waals surface area contributed by atoms with Crippen molar-refractivity contribution in [2.75, 3.05) is 11.4 Å². The number of fused-ring (bicyclic) bond motifs is 2. The molecular weight excluding hydrogens is 430 g/mol. The van der Waals surface area contributed by atoms with Gasteiger partial charge in [-0.2, -0.15) is 0 Å². The lowest BCUT2D eigenvalue weighted by Gasteiger charge is -2.16. The molecule has 0 unspecified atom stereocenters. The predicted molar refractivity (Wildman–Crippen MR) is 129 cm³/mol. The smallest absolute Gasteiger partial charge is 0.287 e. The van der Waals surface area contributed by atoms with Crippen LogP contribution in [0.1, 0.15) is 36.2 Å². The number of anilines is 1. The van der Waals surface area contributed by atoms with Gasteiger partial charge in [-0.1, -0.05) is 60.7 Å². The van der Waals surface area contributed by atoms with E-state index in [1.807, 2.05) is 64.4 Å². The van der Waals surface area contributed by atoms with Crippen molar-refractivity contribution in [3.05, 3.63) is 106 Å². The Morgan fingerprint density at radius 2 is 1.73 bits per heavy atom. The molecule has 0 spiro atoms. The molecule has 162 valence electrons. The van der Waals surface area contributed by atoms with Gasteiger partial charge in [-0.05, 0) is 40.8 Å². The third-order valence-corrected chi connectivity index (χ3v) is 7.31. The molecule has 1 aromatic heterocycles. The minimum atomic E-state index is -0.0775. The van der Waals surface area contributed by atoms with Crippen molar-refractivity contribution >= 4 is 28.8 Å². The molecule has 0 saturated heterocycles. The number of hydrogen-bond acceptors (Lipinski definition) is 4. The van der Waals surface area contributed by atoms with Gasteiger partial charge in [0.25, 0.3) is 11.8 Å². The van der Waals surface area contributed by atoms with Crippen LogP contribution < -0.4 is 4.90 Å². The molecule has 0 fully saturated rings. The molecule has 2 amide bonds. The summed E-state index contributed by atoms with van der Waals surface area (Å²) < 4.78 is 0. The first kappa shape index (κ1) is 19.9. The molecule has 0 saturated carbocycles. The fourth-order valence-electron chi connectivity index (χ4n) is 4.76. The van der Waals surface area contributed by atoms with Crippen molar-refractivity contribution in [1.82, 2.24) is 9.88 Å². The second-order valence-electron chi connectivity index (χ2n) is 8.33. The van der Waals surface area contributed by atoms with Crippen molar-refractivity contribution in [3.63, 3.8) is 0 Å². The highest BCUT2D eigenvalue weighted by atomic mass is 32.1. The van der Waals surface area contributed by atoms with Crippen LogP contribution in [-0.4, -0.2) is 28.2 Å². The average Bonchev–Trinajstić information content (AvgIpc) is 3.57. The third kappa shape index (κ3) is 3.43. The molecule has 5 nitrogen and oxygen atoms in total. The van der Waals surface area contributed by atoms with Crippen molar-refractivity contribution in [3.8, 4) is 11.1 Å². The van der Waals surface area contributed by atoms with Gasteiger partial charge >= 0.3 is 0 Å². The average molecular weight is 452 g/mol. The van der Waals surface area contributed by atoms with E-state index in [-0.39, 0.29) is 11.8 Å². The topological polar surface area (TPSA) is 53.5 Å². The summed E-state index contributed by atoms with van der Waals surface area (Å²) in [5.41, 5.74) is 6.32. The van der Waals surface area contributed by atoms with Gasteiger partial charge in [0.15, 0.2) is 5.01 Å². The number of amides is 2. The predicted octanol–water partition coefficient (Wildman–Crippen LogP) is 5.17. The van der Waals surface area contributed by atoms with Gasteiger partial charge in [-0.25, -0.2) is 4.98 Å². The molecule has 6 rings (SSSR count). The number of nitrogens with zero attached hydrogens (tertiary/aromatic N) is 3. The highest BCUT2D eigenvalue weighted by molar-refractivity contribution is 7.13. The lowest BCUT2D eigenvalue weighted by atomic mass is 9.98. The fourth-order valence-corrected chi connectivity index (χ4v) is 5.64. The monoisotopic (exact) mass is 451 g/mol. The number of benzene rings is 3. The summed E-state index contributed by atoms with van der Waals surface area (Å²) in [7, 11) is 0. The Labute approximate surface area is 195 Å². The van der Waals surface area contributed by atoms with Gasteiger partial charge in [-0.15, -0.1) is 11.3 Å². The van der Waals surface area contributed by atoms with Gasteiger partial charge in [0.1, 0.15) is 0 Å². The van der Waals surface area contributed by atoms with Crippen molar-refractivity contribution in [1.29, 1.82) is 0 Å². The number of aromatic nitrogens is 1. The molecule has 0 radical (unpaired) electrons. The van der Waals surface area contributed by atoms with Gasteiger partial charge in [-0.3, -0.25) is 9.59 Å². The van der Waals surface area contributed by atoms with Crippen LogP contribution in [0.2, 0.25) is 0 Å². The Morgan fingerprint density at radius 1 is 0.939 bits per heavy atom. The van der Waals surface area contributed by atoms with Crippen LogP contribution in [0.3, 0.4) is 0 Å². The van der Waals surface area contributed by atoms with Crippen molar-refractivity contribution in [2.45, 2.75) is 19.5 Å². The van der Waals surface area contributed by atoms with Gasteiger partial charge in [0.05, 0.1) is 6.54 Å². The fraction of sp³-hybridized carbons (Fsp3) is 0.148. The quantitative estimate of drug-likeness (QED) is 0.430. The van der Waals surface area contributed by atoms with Gasteiger partial charge in [0.2, 0.25) is 0 Å². The first-order chi connectivity index (χ1) is 16.2. The summed E-state index contributed by atoms with van der Waals surface area (Å²) in [4.78, 5) is 35.0. The van der Waals surface area contributed by atoms with E-state index in [1.54, 1.807) is 6.20 Å². The van der Waals surface area contributed by atoms with Gasteiger partial charge in [0, 0.05) is 35.4 Å². The van der Waals surface area contributed by atoms with E-state index in [0.717, 1.165) is 33.7 Å². The number of rotatable bonds is 4. The summed E-state index contributed by atoms with van der Waals surface area (Å²) in [6, 6.07) is 24.1. The summed E-state index contributed by atoms with van der Waals surface area (Å²) >= 11 is 1.37. The molecule has 4 aromatic rings. The molecule has 0 atom stereocenters. The zero-order chi connectivity index (χ0) is 22.4. The maximum absolute atomic E-state index is 13.3. The molecule has 3 heterocycles. The van der Waals surface area contributed by atoms with Crippen LogP contribution in [0, 0.1) is 0 Å². The largest absolute Gasteiger partial charge is 0.329 e. The molecule has 3 aromatic carbocycles. The van der Waals surface area contributed by atoms with Crippen LogP contribution in [0.25, 0.3) is 11.1 Å². The van der Waals surface area contributed by atoms with E-state index in [0.29, 0.717) is 24.6 Å². The van der Waals surface area contributed by atoms with E-state index in [2.05, 4.69) is 23.2 Å². The number of hydrogen-bond donors (Lipinski definition) is 0. The summed E-state index contributed by atoms with van der Waals surface area (Å²) in [6.45, 7) is 1.71. The van der Waals surface area contributed by atoms with Crippen LogP contribution in [0.5, 0.6) is 0 Å². The lowest BCUT2D eigenvalue weighted by molar-refractivity contribution is 0.0768. The van der Waals surface area contributed by atoms with Crippen LogP contribution >= 0.6 is 11.3 Å². The van der Waals surface area contributed by atoms with Gasteiger partial charge < -0.3 is 9.80 Å². The molecule has 2 aliphatic heterocycles. The number of carbonyl (C=O) groups is 2. The lowest BCUT2D eigenvalue weighted by Crippen LogP contribution is -2.28. The van der Waals surface area contributed by atoms with Crippen LogP contribution in [0.4, 0.5) is 5.69 Å². The molecule has 6 heteroatoms. The Kier molecular flexibility index (Phi) is 4.80. The highest BCUT2D eigenvalue weighted by Gasteiger charge is 2.30. The van der Waals surface area contributed by atoms with E-state index in [4.69, 9.17) is 0 Å². The normalized spacial score (nSPS) is 14.5. The zero-order valence-corrected chi connectivity index (χ0v) is 18.7. The van der Waals surface area contributed by atoms with Crippen LogP contribution in [0.15, 0.2) is 79.0 Å². The minimum absolute atomic E-state index is 0.0359. The molecule has 0 aliphatic carbocycles. The standard InChI is InChI=1S/C27H21N3O2S/c31-26-22-10-5-4-9-19(22)16-29(26)17-20-15-28-25(33-20)27(32)30-14-13-23-21(11-6-12-24(23)30)18-7-2-1-3-8-18/h1-12,15H,13-14,16-17H2. The molecule has 2 aliphatic rings. The van der Waals surface area contributed by atoms with E-state index in [1.165, 1.54) is 22.5 Å². The maximum atomic E-state index is 13.3. The third-order valence-electron chi connectivity index (χ3n) is 6.34. The van der Waals surface area contributed by atoms with Crippen molar-refractivity contribution in [2.24, 2.45) is 0 Å². The van der Waals surface area contributed by atoms with Crippen molar-refractivity contribution < 1.29 is 9.59 Å². The Hall–Kier alpha value is -3.77. The molecule has 0 N–H and O–H groups in total. The molecular formula is C27H21N3O2S. The SMILES string of the molecule is O=C1c2ccccc2CN1Cc1cnc(C(=O)N2CCc3c(-c4ccccc4)cccc32)s1. The molecule has 33 heavy (non-hydrogen) atoms. The number of thiazole rings is 1. The van der Waals surface area contributed by atoms with Crippen LogP contribution in [-0.2, 0) is 19.5 Å². The minimum Gasteiger partial charge on any atom is -0.329 e. The Morgan fingerprint density at radius 3 is 2.58 bits per heavy atom. The second-order valence-corrected chi connectivity index (χ2v) is 9.44. The number of carbonyl (C=O) groups excluding carboxylic acids is 2. The summed E-state index contributed by atoms with van der Waals surface area (Å²) in [5, 5.41) is 0.465. The van der Waals surface area contributed by atoms with E-state index < -0.39 is 0 Å². The second kappa shape index (κ2) is 7.98. The highest BCUT2D eigenvalue weighted by Crippen LogP contribution is 2.37. The maximum Gasteiger partial charge on any atom is 0.287 e. The first-order valence-electron chi connectivity index (χ1n) is 11.0. The summed E-state index contributed by atoms with van der Waals surface area (Å²) in [6.07, 6.45) is 2.55. The van der Waals surface area contributed by atoms with E-state index in [9.17, 15) is 9.59 Å². The zero-order valence-electron chi connectivity index (χ0n) is 17.9. The Balaban J connectivity index is 1.22. The Bertz CT molecular complexity index is 1380. The molecule has 0 bridgehead atoms. The first-order valence-corrected chi connectivity index (χ1v) is 11.8. The summed E-state index contributed by atoms with van der Waals surface area (Å²) in [5.74, 6) is -0.0416.